The van der Waals surface area contributed by atoms with E-state index in [4.69, 9.17) is 9.84 Å². The summed E-state index contributed by atoms with van der Waals surface area (Å²) in [6.45, 7) is 1.88. The number of hydrogen-bond acceptors (Lipinski definition) is 3. The van der Waals surface area contributed by atoms with Crippen LogP contribution in [0.25, 0.3) is 0 Å². The molecule has 98 valence electrons. The monoisotopic (exact) mass is 251 g/mol. The van der Waals surface area contributed by atoms with Gasteiger partial charge in [-0.1, -0.05) is 25.1 Å². The molecule has 0 fully saturated rings. The lowest BCUT2D eigenvalue weighted by molar-refractivity contribution is -0.140. The number of ether oxygens (including phenoxy) is 1. The first-order chi connectivity index (χ1) is 8.60. The van der Waals surface area contributed by atoms with Crippen molar-refractivity contribution in [3.05, 3.63) is 35.4 Å². The number of hydrogen-bond donors (Lipinski definition) is 2. The molecule has 5 nitrogen and oxygen atoms in total. The molecule has 1 unspecified atom stereocenters. The minimum Gasteiger partial charge on any atom is -0.480 e. The van der Waals surface area contributed by atoms with Crippen molar-refractivity contribution in [3.63, 3.8) is 0 Å². The molecule has 2 N–H and O–H groups in total. The molecule has 0 bridgehead atoms. The van der Waals surface area contributed by atoms with Crippen LogP contribution in [-0.2, 0) is 16.0 Å². The maximum atomic E-state index is 12.0. The minimum absolute atomic E-state index is 0.0602. The Hall–Kier alpha value is -1.88. The molecule has 1 rings (SSSR count). The molecule has 0 radical (unpaired) electrons. The molecule has 1 aromatic rings. The van der Waals surface area contributed by atoms with E-state index in [2.05, 4.69) is 5.32 Å². The molecule has 0 aliphatic heterocycles. The number of carbonyl (C=O) groups excluding carboxylic acids is 1. The molecular weight excluding hydrogens is 234 g/mol. The van der Waals surface area contributed by atoms with E-state index in [1.807, 2.05) is 19.1 Å². The molecule has 18 heavy (non-hydrogen) atoms. The van der Waals surface area contributed by atoms with Crippen molar-refractivity contribution in [3.8, 4) is 0 Å². The predicted octanol–water partition coefficient (Wildman–Crippen LogP) is 1.08. The molecule has 0 heterocycles. The Morgan fingerprint density at radius 2 is 2.06 bits per heavy atom. The zero-order valence-corrected chi connectivity index (χ0v) is 10.5. The zero-order valence-electron chi connectivity index (χ0n) is 10.5. The van der Waals surface area contributed by atoms with Gasteiger partial charge in [0.05, 0.1) is 6.61 Å². The molecule has 1 aromatic carbocycles. The lowest BCUT2D eigenvalue weighted by atomic mass is 10.0. The average Bonchev–Trinajstić information content (AvgIpc) is 2.37. The maximum Gasteiger partial charge on any atom is 0.328 e. The first kappa shape index (κ1) is 14.2. The van der Waals surface area contributed by atoms with E-state index in [1.165, 1.54) is 7.11 Å². The van der Waals surface area contributed by atoms with Crippen LogP contribution in [0.5, 0.6) is 0 Å². The summed E-state index contributed by atoms with van der Waals surface area (Å²) in [4.78, 5) is 22.9. The average molecular weight is 251 g/mol. The highest BCUT2D eigenvalue weighted by molar-refractivity contribution is 5.97. The Kier molecular flexibility index (Phi) is 5.32. The molecule has 1 atom stereocenters. The summed E-state index contributed by atoms with van der Waals surface area (Å²) in [7, 11) is 1.39. The van der Waals surface area contributed by atoms with Crippen LogP contribution in [0.1, 0.15) is 22.8 Å². The van der Waals surface area contributed by atoms with Crippen molar-refractivity contribution >= 4 is 11.9 Å². The number of carboxylic acids is 1. The van der Waals surface area contributed by atoms with Crippen LogP contribution in [0.4, 0.5) is 0 Å². The van der Waals surface area contributed by atoms with Gasteiger partial charge in [-0.3, -0.25) is 4.79 Å². The van der Waals surface area contributed by atoms with E-state index in [9.17, 15) is 9.59 Å². The number of aliphatic carboxylic acids is 1. The van der Waals surface area contributed by atoms with Crippen molar-refractivity contribution < 1.29 is 19.4 Å². The topological polar surface area (TPSA) is 75.6 Å². The molecule has 1 amide bonds. The first-order valence-electron chi connectivity index (χ1n) is 5.70. The standard InChI is InChI=1S/C13H17NO4/c1-3-9-6-4-5-7-10(9)12(15)14-11(8-18-2)13(16)17/h4-7,11H,3,8H2,1-2H3,(H,14,15)(H,16,17). The number of benzene rings is 1. The van der Waals surface area contributed by atoms with Gasteiger partial charge in [0.25, 0.3) is 5.91 Å². The summed E-state index contributed by atoms with van der Waals surface area (Å²) in [5.74, 6) is -1.50. The van der Waals surface area contributed by atoms with Crippen molar-refractivity contribution in [1.29, 1.82) is 0 Å². The van der Waals surface area contributed by atoms with Crippen LogP contribution in [0.15, 0.2) is 24.3 Å². The van der Waals surface area contributed by atoms with Gasteiger partial charge in [0.15, 0.2) is 6.04 Å². The van der Waals surface area contributed by atoms with E-state index in [-0.39, 0.29) is 6.61 Å². The Morgan fingerprint density at radius 3 is 2.61 bits per heavy atom. The second-order valence-electron chi connectivity index (χ2n) is 3.83. The van der Waals surface area contributed by atoms with Crippen LogP contribution < -0.4 is 5.32 Å². The van der Waals surface area contributed by atoms with E-state index < -0.39 is 17.9 Å². The number of rotatable bonds is 6. The highest BCUT2D eigenvalue weighted by Crippen LogP contribution is 2.09. The third kappa shape index (κ3) is 3.56. The predicted molar refractivity (Wildman–Crippen MR) is 66.6 cm³/mol. The van der Waals surface area contributed by atoms with Crippen LogP contribution in [0.3, 0.4) is 0 Å². The van der Waals surface area contributed by atoms with Crippen LogP contribution in [-0.4, -0.2) is 36.7 Å². The van der Waals surface area contributed by atoms with Crippen molar-refractivity contribution in [2.45, 2.75) is 19.4 Å². The number of nitrogens with one attached hydrogen (secondary N) is 1. The van der Waals surface area contributed by atoms with E-state index >= 15 is 0 Å². The van der Waals surface area contributed by atoms with Gasteiger partial charge in [-0.15, -0.1) is 0 Å². The third-order valence-electron chi connectivity index (χ3n) is 2.58. The number of aryl methyl sites for hydroxylation is 1. The van der Waals surface area contributed by atoms with Crippen molar-refractivity contribution in [2.75, 3.05) is 13.7 Å². The zero-order chi connectivity index (χ0) is 13.5. The number of carbonyl (C=O) groups is 2. The van der Waals surface area contributed by atoms with Gasteiger partial charge in [-0.25, -0.2) is 4.79 Å². The summed E-state index contributed by atoms with van der Waals surface area (Å²) in [5, 5.41) is 11.4. The quantitative estimate of drug-likeness (QED) is 0.793. The van der Waals surface area contributed by atoms with Gasteiger partial charge < -0.3 is 15.2 Å². The summed E-state index contributed by atoms with van der Waals surface area (Å²) in [6.07, 6.45) is 0.714. The highest BCUT2D eigenvalue weighted by atomic mass is 16.5. The second-order valence-corrected chi connectivity index (χ2v) is 3.83. The molecule has 0 aliphatic rings. The van der Waals surface area contributed by atoms with Crippen LogP contribution >= 0.6 is 0 Å². The van der Waals surface area contributed by atoms with E-state index in [1.54, 1.807) is 12.1 Å². The van der Waals surface area contributed by atoms with Gasteiger partial charge in [-0.2, -0.15) is 0 Å². The molecule has 5 heteroatoms. The third-order valence-corrected chi connectivity index (χ3v) is 2.58. The maximum absolute atomic E-state index is 12.0. The smallest absolute Gasteiger partial charge is 0.328 e. The van der Waals surface area contributed by atoms with Gasteiger partial charge >= 0.3 is 5.97 Å². The Morgan fingerprint density at radius 1 is 1.39 bits per heavy atom. The summed E-state index contributed by atoms with van der Waals surface area (Å²) >= 11 is 0. The molecule has 0 aromatic heterocycles. The second kappa shape index (κ2) is 6.76. The van der Waals surface area contributed by atoms with Crippen molar-refractivity contribution in [2.24, 2.45) is 0 Å². The van der Waals surface area contributed by atoms with E-state index in [0.717, 1.165) is 5.56 Å². The summed E-state index contributed by atoms with van der Waals surface area (Å²) in [6, 6.07) is 6.09. The van der Waals surface area contributed by atoms with Crippen LogP contribution in [0.2, 0.25) is 0 Å². The largest absolute Gasteiger partial charge is 0.480 e. The lowest BCUT2D eigenvalue weighted by Gasteiger charge is -2.14. The molecular formula is C13H17NO4. The molecule has 0 spiro atoms. The first-order valence-corrected chi connectivity index (χ1v) is 5.70. The number of carboxylic acid groups (broad SMARTS) is 1. The highest BCUT2D eigenvalue weighted by Gasteiger charge is 2.21. The fraction of sp³-hybridized carbons (Fsp3) is 0.385. The summed E-state index contributed by atoms with van der Waals surface area (Å²) in [5.41, 5.74) is 1.39. The lowest BCUT2D eigenvalue weighted by Crippen LogP contribution is -2.44. The van der Waals surface area contributed by atoms with Crippen LogP contribution in [0, 0.1) is 0 Å². The Balaban J connectivity index is 2.83. The van der Waals surface area contributed by atoms with Crippen molar-refractivity contribution in [1.82, 2.24) is 5.32 Å². The Labute approximate surface area is 106 Å². The molecule has 0 aliphatic carbocycles. The summed E-state index contributed by atoms with van der Waals surface area (Å²) < 4.78 is 4.76. The van der Waals surface area contributed by atoms with Gasteiger partial charge in [0.2, 0.25) is 0 Å². The minimum atomic E-state index is -1.11. The van der Waals surface area contributed by atoms with E-state index in [0.29, 0.717) is 12.0 Å². The van der Waals surface area contributed by atoms with Gasteiger partial charge in [-0.05, 0) is 18.1 Å². The fourth-order valence-electron chi connectivity index (χ4n) is 1.63. The van der Waals surface area contributed by atoms with Gasteiger partial charge in [0.1, 0.15) is 0 Å². The normalized spacial score (nSPS) is 11.9. The number of methoxy groups -OCH3 is 1. The molecule has 0 saturated carbocycles. The fourth-order valence-corrected chi connectivity index (χ4v) is 1.63. The van der Waals surface area contributed by atoms with Gasteiger partial charge in [0, 0.05) is 12.7 Å². The Bertz CT molecular complexity index is 431. The SMILES string of the molecule is CCc1ccccc1C(=O)NC(COC)C(=O)O. The molecule has 0 saturated heterocycles. The number of amides is 1.